The van der Waals surface area contributed by atoms with E-state index in [1.54, 1.807) is 13.0 Å². The Morgan fingerprint density at radius 1 is 1.29 bits per heavy atom. The SMILES string of the molecule is CC.Cc1cc2c(cc1F)CNC=C2. The van der Waals surface area contributed by atoms with Gasteiger partial charge in [-0.25, -0.2) is 4.39 Å². The zero-order valence-corrected chi connectivity index (χ0v) is 8.89. The molecule has 14 heavy (non-hydrogen) atoms. The van der Waals surface area contributed by atoms with Gasteiger partial charge in [-0.1, -0.05) is 13.8 Å². The first-order chi connectivity index (χ1) is 6.77. The highest BCUT2D eigenvalue weighted by molar-refractivity contribution is 5.56. The number of rotatable bonds is 0. The first kappa shape index (κ1) is 10.8. The van der Waals surface area contributed by atoms with Crippen LogP contribution in [-0.2, 0) is 6.54 Å². The molecule has 0 spiro atoms. The Morgan fingerprint density at radius 2 is 2.00 bits per heavy atom. The molecule has 0 aliphatic carbocycles. The van der Waals surface area contributed by atoms with Crippen LogP contribution in [0, 0.1) is 12.7 Å². The van der Waals surface area contributed by atoms with E-state index in [9.17, 15) is 4.39 Å². The van der Waals surface area contributed by atoms with Gasteiger partial charge in [0.2, 0.25) is 0 Å². The summed E-state index contributed by atoms with van der Waals surface area (Å²) in [5.41, 5.74) is 2.86. The average Bonchev–Trinajstić information content (AvgIpc) is 2.23. The maximum absolute atomic E-state index is 13.1. The second-order valence-electron chi connectivity index (χ2n) is 3.01. The number of halogens is 1. The normalized spacial score (nSPS) is 12.3. The Labute approximate surface area is 84.6 Å². The summed E-state index contributed by atoms with van der Waals surface area (Å²) in [6, 6.07) is 3.48. The quantitative estimate of drug-likeness (QED) is 0.667. The second-order valence-corrected chi connectivity index (χ2v) is 3.01. The molecule has 0 amide bonds. The minimum atomic E-state index is -0.120. The summed E-state index contributed by atoms with van der Waals surface area (Å²) < 4.78 is 13.1. The summed E-state index contributed by atoms with van der Waals surface area (Å²) >= 11 is 0. The molecule has 76 valence electrons. The number of aryl methyl sites for hydroxylation is 1. The van der Waals surface area contributed by atoms with Crippen LogP contribution < -0.4 is 5.32 Å². The smallest absolute Gasteiger partial charge is 0.126 e. The van der Waals surface area contributed by atoms with E-state index in [2.05, 4.69) is 5.32 Å². The van der Waals surface area contributed by atoms with Crippen LogP contribution in [0.25, 0.3) is 6.08 Å². The first-order valence-electron chi connectivity index (χ1n) is 4.96. The lowest BCUT2D eigenvalue weighted by Gasteiger charge is -2.12. The van der Waals surface area contributed by atoms with Crippen molar-refractivity contribution in [2.24, 2.45) is 0 Å². The van der Waals surface area contributed by atoms with Crippen LogP contribution in [0.4, 0.5) is 4.39 Å². The van der Waals surface area contributed by atoms with Crippen molar-refractivity contribution in [3.63, 3.8) is 0 Å². The van der Waals surface area contributed by atoms with Gasteiger partial charge >= 0.3 is 0 Å². The summed E-state index contributed by atoms with van der Waals surface area (Å²) in [7, 11) is 0. The molecule has 1 N–H and O–H groups in total. The zero-order chi connectivity index (χ0) is 10.6. The van der Waals surface area contributed by atoms with Crippen LogP contribution in [-0.4, -0.2) is 0 Å². The molecule has 1 aromatic rings. The molecule has 0 saturated carbocycles. The molecule has 0 atom stereocenters. The lowest BCUT2D eigenvalue weighted by molar-refractivity contribution is 0.614. The van der Waals surface area contributed by atoms with Gasteiger partial charge in [-0.2, -0.15) is 0 Å². The highest BCUT2D eigenvalue weighted by Crippen LogP contribution is 2.18. The van der Waals surface area contributed by atoms with E-state index in [1.807, 2.05) is 32.2 Å². The van der Waals surface area contributed by atoms with Gasteiger partial charge in [-0.15, -0.1) is 0 Å². The van der Waals surface area contributed by atoms with Gasteiger partial charge in [0.05, 0.1) is 0 Å². The molecule has 0 unspecified atom stereocenters. The fourth-order valence-corrected chi connectivity index (χ4v) is 1.37. The predicted molar refractivity (Wildman–Crippen MR) is 58.4 cm³/mol. The third-order valence-electron chi connectivity index (χ3n) is 2.09. The van der Waals surface area contributed by atoms with E-state index in [-0.39, 0.29) is 5.82 Å². The van der Waals surface area contributed by atoms with Crippen molar-refractivity contribution in [2.45, 2.75) is 27.3 Å². The minimum Gasteiger partial charge on any atom is -0.387 e. The molecule has 0 saturated heterocycles. The van der Waals surface area contributed by atoms with Crippen molar-refractivity contribution in [2.75, 3.05) is 0 Å². The standard InChI is InChI=1S/C10H10FN.C2H6/c1-7-4-8-2-3-12-6-9(8)5-10(7)11;1-2/h2-5,12H,6H2,1H3;1-2H3. The Kier molecular flexibility index (Phi) is 3.69. The van der Waals surface area contributed by atoms with E-state index in [1.165, 1.54) is 0 Å². The Balaban J connectivity index is 0.000000461. The van der Waals surface area contributed by atoms with Gasteiger partial charge in [-0.3, -0.25) is 0 Å². The van der Waals surface area contributed by atoms with Crippen LogP contribution in [0.3, 0.4) is 0 Å². The molecule has 1 aliphatic heterocycles. The number of nitrogens with one attached hydrogen (secondary N) is 1. The molecule has 2 heteroatoms. The fraction of sp³-hybridized carbons (Fsp3) is 0.333. The fourth-order valence-electron chi connectivity index (χ4n) is 1.37. The van der Waals surface area contributed by atoms with Crippen LogP contribution in [0.15, 0.2) is 18.3 Å². The van der Waals surface area contributed by atoms with Crippen molar-refractivity contribution < 1.29 is 4.39 Å². The Bertz CT molecular complexity index is 342. The van der Waals surface area contributed by atoms with E-state index < -0.39 is 0 Å². The molecule has 0 fully saturated rings. The maximum atomic E-state index is 13.1. The molecule has 0 radical (unpaired) electrons. The highest BCUT2D eigenvalue weighted by atomic mass is 19.1. The number of hydrogen-bond acceptors (Lipinski definition) is 1. The highest BCUT2D eigenvalue weighted by Gasteiger charge is 2.06. The Morgan fingerprint density at radius 3 is 2.71 bits per heavy atom. The van der Waals surface area contributed by atoms with Gasteiger partial charge in [0.1, 0.15) is 5.82 Å². The van der Waals surface area contributed by atoms with Crippen LogP contribution in [0.2, 0.25) is 0 Å². The molecule has 1 nitrogen and oxygen atoms in total. The molecular weight excluding hydrogens is 177 g/mol. The number of benzene rings is 1. The molecule has 0 aromatic heterocycles. The zero-order valence-electron chi connectivity index (χ0n) is 8.89. The molecule has 2 rings (SSSR count). The van der Waals surface area contributed by atoms with Crippen LogP contribution in [0.5, 0.6) is 0 Å². The molecule has 1 aliphatic rings. The van der Waals surface area contributed by atoms with E-state index in [4.69, 9.17) is 0 Å². The minimum absolute atomic E-state index is 0.120. The summed E-state index contributed by atoms with van der Waals surface area (Å²) in [5, 5.41) is 3.04. The van der Waals surface area contributed by atoms with Gasteiger partial charge in [-0.05, 0) is 48.0 Å². The van der Waals surface area contributed by atoms with Gasteiger partial charge in [0.25, 0.3) is 0 Å². The predicted octanol–water partition coefficient (Wildman–Crippen LogP) is 3.23. The average molecular weight is 193 g/mol. The van der Waals surface area contributed by atoms with Gasteiger partial charge in [0, 0.05) is 6.54 Å². The summed E-state index contributed by atoms with van der Waals surface area (Å²) in [5.74, 6) is -0.120. The third-order valence-corrected chi connectivity index (χ3v) is 2.09. The number of fused-ring (bicyclic) bond motifs is 1. The van der Waals surface area contributed by atoms with Crippen molar-refractivity contribution in [3.05, 3.63) is 40.8 Å². The number of hydrogen-bond donors (Lipinski definition) is 1. The molecule has 1 heterocycles. The van der Waals surface area contributed by atoms with Crippen molar-refractivity contribution in [3.8, 4) is 0 Å². The lowest BCUT2D eigenvalue weighted by atomic mass is 10.0. The first-order valence-corrected chi connectivity index (χ1v) is 4.96. The van der Waals surface area contributed by atoms with E-state index in [0.717, 1.165) is 17.7 Å². The largest absolute Gasteiger partial charge is 0.387 e. The topological polar surface area (TPSA) is 12.0 Å². The van der Waals surface area contributed by atoms with Gasteiger partial charge < -0.3 is 5.32 Å². The molecular formula is C12H16FN. The van der Waals surface area contributed by atoms with E-state index in [0.29, 0.717) is 5.56 Å². The lowest BCUT2D eigenvalue weighted by Crippen LogP contribution is -2.10. The molecule has 0 bridgehead atoms. The summed E-state index contributed by atoms with van der Waals surface area (Å²) in [6.07, 6.45) is 3.85. The van der Waals surface area contributed by atoms with Crippen molar-refractivity contribution in [1.82, 2.24) is 5.32 Å². The summed E-state index contributed by atoms with van der Waals surface area (Å²) in [6.45, 7) is 6.51. The van der Waals surface area contributed by atoms with Crippen LogP contribution >= 0.6 is 0 Å². The van der Waals surface area contributed by atoms with Crippen LogP contribution in [0.1, 0.15) is 30.5 Å². The second kappa shape index (κ2) is 4.80. The monoisotopic (exact) mass is 193 g/mol. The van der Waals surface area contributed by atoms with E-state index >= 15 is 0 Å². The van der Waals surface area contributed by atoms with Crippen molar-refractivity contribution in [1.29, 1.82) is 0 Å². The summed E-state index contributed by atoms with van der Waals surface area (Å²) in [4.78, 5) is 0. The molecule has 1 aromatic carbocycles. The third kappa shape index (κ3) is 2.13. The van der Waals surface area contributed by atoms with Crippen molar-refractivity contribution >= 4 is 6.08 Å². The Hall–Kier alpha value is -1.31. The maximum Gasteiger partial charge on any atom is 0.126 e. The van der Waals surface area contributed by atoms with Gasteiger partial charge in [0.15, 0.2) is 0 Å².